The third-order valence-corrected chi connectivity index (χ3v) is 0.530. The number of thiol groups is 2. The summed E-state index contributed by atoms with van der Waals surface area (Å²) in [6.07, 6.45) is 1.12. The van der Waals surface area contributed by atoms with Crippen LogP contribution in [0.15, 0.2) is 11.1 Å². The first kappa shape index (κ1) is 6.91. The van der Waals surface area contributed by atoms with Gasteiger partial charge in [0, 0.05) is 6.08 Å². The normalized spacial score (nSPS) is 11.4. The van der Waals surface area contributed by atoms with Gasteiger partial charge >= 0.3 is 0 Å². The lowest BCUT2D eigenvalue weighted by atomic mass is 10.7. The van der Waals surface area contributed by atoms with Crippen LogP contribution in [0.3, 0.4) is 0 Å². The van der Waals surface area contributed by atoms with Gasteiger partial charge in [-0.05, 0) is 0 Å². The van der Waals surface area contributed by atoms with E-state index < -0.39 is 0 Å². The number of carbonyl (C=O) groups is 1. The van der Waals surface area contributed by atoms with E-state index in [1.165, 1.54) is 0 Å². The van der Waals surface area contributed by atoms with Crippen molar-refractivity contribution in [1.29, 1.82) is 0 Å². The molecule has 0 aromatic carbocycles. The van der Waals surface area contributed by atoms with E-state index in [2.05, 4.69) is 25.3 Å². The summed E-state index contributed by atoms with van der Waals surface area (Å²) >= 11 is 7.00. The van der Waals surface area contributed by atoms with Crippen LogP contribution in [0.5, 0.6) is 0 Å². The van der Waals surface area contributed by atoms with Crippen molar-refractivity contribution >= 4 is 30.4 Å². The molecule has 0 amide bonds. The molecule has 0 unspecified atom stereocenters. The molecule has 0 aromatic rings. The van der Waals surface area contributed by atoms with E-state index in [1.54, 1.807) is 0 Å². The third kappa shape index (κ3) is 5.91. The quantitative estimate of drug-likeness (QED) is 0.354. The van der Waals surface area contributed by atoms with Gasteiger partial charge in [-0.3, -0.25) is 4.79 Å². The first-order valence-corrected chi connectivity index (χ1v) is 2.41. The van der Waals surface area contributed by atoms with Crippen LogP contribution in [0.1, 0.15) is 0 Å². The summed E-state index contributed by atoms with van der Waals surface area (Å²) in [7, 11) is 0. The molecule has 7 heavy (non-hydrogen) atoms. The maximum absolute atomic E-state index is 9.91. The molecule has 0 radical (unpaired) electrons. The van der Waals surface area contributed by atoms with Gasteiger partial charge in [-0.15, -0.1) is 25.3 Å². The Kier molecular flexibility index (Phi) is 2.95. The number of hydrogen-bond donors (Lipinski definition) is 3. The van der Waals surface area contributed by atoms with Crippen molar-refractivity contribution in [3.8, 4) is 0 Å². The summed E-state index contributed by atoms with van der Waals surface area (Å²) < 4.78 is 0. The molecule has 0 aliphatic heterocycles. The van der Waals surface area contributed by atoms with E-state index in [9.17, 15) is 4.79 Å². The molecular weight excluding hydrogens is 130 g/mol. The summed E-state index contributed by atoms with van der Waals surface area (Å²) in [6.45, 7) is 0. The van der Waals surface area contributed by atoms with Crippen LogP contribution in [-0.4, -0.2) is 5.12 Å². The van der Waals surface area contributed by atoms with Crippen LogP contribution in [0.4, 0.5) is 0 Å². The number of hydrogen-bond acceptors (Lipinski definition) is 3. The Labute approximate surface area is 52.6 Å². The zero-order chi connectivity index (χ0) is 5.86. The molecule has 0 aromatic heterocycles. The van der Waals surface area contributed by atoms with Crippen LogP contribution in [0, 0.1) is 0 Å². The predicted octanol–water partition coefficient (Wildman–Crippen LogP) is 0.173. The van der Waals surface area contributed by atoms with Crippen LogP contribution < -0.4 is 5.73 Å². The van der Waals surface area contributed by atoms with E-state index in [-0.39, 0.29) is 10.1 Å². The Balaban J connectivity index is 3.68. The first-order chi connectivity index (χ1) is 3.13. The van der Waals surface area contributed by atoms with E-state index in [0.717, 1.165) is 6.08 Å². The summed E-state index contributed by atoms with van der Waals surface area (Å²) in [4.78, 5) is 9.91. The zero-order valence-corrected chi connectivity index (χ0v) is 5.25. The number of rotatable bonds is 1. The molecule has 0 fully saturated rings. The second-order valence-electron chi connectivity index (χ2n) is 0.907. The molecule has 0 aliphatic carbocycles. The van der Waals surface area contributed by atoms with Crippen molar-refractivity contribution in [3.05, 3.63) is 11.1 Å². The molecule has 0 saturated carbocycles. The average molecular weight is 135 g/mol. The average Bonchev–Trinajstić information content (AvgIpc) is 1.27. The van der Waals surface area contributed by atoms with Gasteiger partial charge in [0.05, 0.1) is 5.03 Å². The van der Waals surface area contributed by atoms with Gasteiger partial charge in [0.25, 0.3) is 0 Å². The Bertz CT molecular complexity index is 106. The van der Waals surface area contributed by atoms with Crippen molar-refractivity contribution in [2.24, 2.45) is 5.73 Å². The Hall–Kier alpha value is -0.0900. The maximum atomic E-state index is 9.91. The van der Waals surface area contributed by atoms with Crippen molar-refractivity contribution in [3.63, 3.8) is 0 Å². The van der Waals surface area contributed by atoms with Gasteiger partial charge in [0.2, 0.25) is 5.12 Å². The molecule has 2 nitrogen and oxygen atoms in total. The lowest BCUT2D eigenvalue weighted by Crippen LogP contribution is -1.89. The van der Waals surface area contributed by atoms with Gasteiger partial charge in [-0.25, -0.2) is 0 Å². The van der Waals surface area contributed by atoms with Gasteiger partial charge < -0.3 is 5.73 Å². The van der Waals surface area contributed by atoms with E-state index in [0.29, 0.717) is 0 Å². The van der Waals surface area contributed by atoms with Gasteiger partial charge in [-0.2, -0.15) is 0 Å². The molecule has 40 valence electrons. The second kappa shape index (κ2) is 2.98. The smallest absolute Gasteiger partial charge is 0.211 e. The van der Waals surface area contributed by atoms with Crippen molar-refractivity contribution in [1.82, 2.24) is 0 Å². The fraction of sp³-hybridized carbons (Fsp3) is 0. The highest BCUT2D eigenvalue weighted by molar-refractivity contribution is 7.97. The molecular formula is C3H5NOS2. The van der Waals surface area contributed by atoms with Gasteiger partial charge in [-0.1, -0.05) is 0 Å². The van der Waals surface area contributed by atoms with Gasteiger partial charge in [0.1, 0.15) is 0 Å². The molecule has 0 saturated heterocycles. The third-order valence-electron chi connectivity index (χ3n) is 0.271. The van der Waals surface area contributed by atoms with Crippen LogP contribution in [0.2, 0.25) is 0 Å². The Morgan fingerprint density at radius 3 is 2.00 bits per heavy atom. The molecule has 0 spiro atoms. The van der Waals surface area contributed by atoms with Crippen LogP contribution in [0.25, 0.3) is 0 Å². The molecule has 0 aliphatic rings. The lowest BCUT2D eigenvalue weighted by Gasteiger charge is -1.80. The van der Waals surface area contributed by atoms with Crippen molar-refractivity contribution in [2.45, 2.75) is 0 Å². The molecule has 0 rings (SSSR count). The topological polar surface area (TPSA) is 43.1 Å². The minimum absolute atomic E-state index is 0.181. The van der Waals surface area contributed by atoms with Gasteiger partial charge in [0.15, 0.2) is 0 Å². The zero-order valence-electron chi connectivity index (χ0n) is 3.46. The highest BCUT2D eigenvalue weighted by Gasteiger charge is 1.83. The SMILES string of the molecule is NC(S)=CC(=O)S. The summed E-state index contributed by atoms with van der Waals surface area (Å²) in [6, 6.07) is 0. The fourth-order valence-corrected chi connectivity index (χ4v) is 0.485. The summed E-state index contributed by atoms with van der Waals surface area (Å²) in [5, 5.41) is -0.201. The molecule has 4 heteroatoms. The Morgan fingerprint density at radius 1 is 1.57 bits per heavy atom. The largest absolute Gasteiger partial charge is 0.394 e. The number of nitrogens with two attached hydrogens (primary N) is 1. The standard InChI is InChI=1S/C3H5NOS2/c4-2(6)1-3(5)7/h1,6H,4H2,(H,5,7). The molecule has 0 atom stereocenters. The predicted molar refractivity (Wildman–Crippen MR) is 35.2 cm³/mol. The lowest BCUT2D eigenvalue weighted by molar-refractivity contribution is -0.106. The van der Waals surface area contributed by atoms with Crippen LogP contribution in [-0.2, 0) is 4.79 Å². The fourth-order valence-electron chi connectivity index (χ4n) is 0.127. The van der Waals surface area contributed by atoms with E-state index in [1.807, 2.05) is 0 Å². The minimum Gasteiger partial charge on any atom is -0.394 e. The molecule has 0 bridgehead atoms. The summed E-state index contributed by atoms with van der Waals surface area (Å²) in [5.74, 6) is 0. The first-order valence-electron chi connectivity index (χ1n) is 1.52. The number of carbonyl (C=O) groups excluding carboxylic acids is 1. The van der Waals surface area contributed by atoms with E-state index in [4.69, 9.17) is 5.73 Å². The van der Waals surface area contributed by atoms with E-state index >= 15 is 0 Å². The summed E-state index contributed by atoms with van der Waals surface area (Å²) in [5.41, 5.74) is 4.95. The van der Waals surface area contributed by atoms with Crippen molar-refractivity contribution < 1.29 is 4.79 Å². The highest BCUT2D eigenvalue weighted by Crippen LogP contribution is 1.90. The second-order valence-corrected chi connectivity index (χ2v) is 1.86. The molecule has 2 N–H and O–H groups in total. The maximum Gasteiger partial charge on any atom is 0.211 e. The monoisotopic (exact) mass is 135 g/mol. The highest BCUT2D eigenvalue weighted by atomic mass is 32.1. The van der Waals surface area contributed by atoms with Crippen LogP contribution >= 0.6 is 25.3 Å². The Morgan fingerprint density at radius 2 is 2.00 bits per heavy atom. The molecule has 0 heterocycles. The van der Waals surface area contributed by atoms with Crippen molar-refractivity contribution in [2.75, 3.05) is 0 Å². The minimum atomic E-state index is -0.382.